The highest BCUT2D eigenvalue weighted by Crippen LogP contribution is 2.40. The number of hydrogen-bond acceptors (Lipinski definition) is 2. The van der Waals surface area contributed by atoms with E-state index in [-0.39, 0.29) is 0 Å². The van der Waals surface area contributed by atoms with Crippen LogP contribution in [0.2, 0.25) is 0 Å². The molecular weight excluding hydrogens is 244 g/mol. The molecule has 0 amide bonds. The van der Waals surface area contributed by atoms with Crippen molar-refractivity contribution in [2.24, 2.45) is 11.3 Å². The topological polar surface area (TPSA) is 15.3 Å². The summed E-state index contributed by atoms with van der Waals surface area (Å²) in [5.74, 6) is 0.867. The minimum atomic E-state index is 0.443. The zero-order valence-electron chi connectivity index (χ0n) is 13.4. The molecule has 1 aromatic carbocycles. The molecule has 0 spiro atoms. The lowest BCUT2D eigenvalue weighted by atomic mass is 9.69. The summed E-state index contributed by atoms with van der Waals surface area (Å²) in [7, 11) is 2.24. The SMILES string of the molecule is CCNCC1(CN(C)c2ccccc2)CCCC(C)C1. The van der Waals surface area contributed by atoms with Crippen LogP contribution in [0, 0.1) is 11.3 Å². The van der Waals surface area contributed by atoms with Gasteiger partial charge in [0.25, 0.3) is 0 Å². The quantitative estimate of drug-likeness (QED) is 0.845. The van der Waals surface area contributed by atoms with Crippen LogP contribution in [-0.2, 0) is 0 Å². The van der Waals surface area contributed by atoms with Crippen LogP contribution in [0.25, 0.3) is 0 Å². The zero-order valence-corrected chi connectivity index (χ0v) is 13.4. The van der Waals surface area contributed by atoms with Gasteiger partial charge in [0.05, 0.1) is 0 Å². The summed E-state index contributed by atoms with van der Waals surface area (Å²) in [5, 5.41) is 3.61. The van der Waals surface area contributed by atoms with Crippen molar-refractivity contribution in [2.45, 2.75) is 39.5 Å². The molecule has 1 aromatic rings. The molecule has 2 atom stereocenters. The Morgan fingerprint density at radius 2 is 2.05 bits per heavy atom. The van der Waals surface area contributed by atoms with Gasteiger partial charge in [-0.1, -0.05) is 44.9 Å². The van der Waals surface area contributed by atoms with Crippen molar-refractivity contribution in [1.29, 1.82) is 0 Å². The first kappa shape index (κ1) is 15.4. The standard InChI is InChI=1S/C18H30N2/c1-4-19-14-18(12-8-9-16(2)13-18)15-20(3)17-10-6-5-7-11-17/h5-7,10-11,16,19H,4,8-9,12-15H2,1-3H3. The lowest BCUT2D eigenvalue weighted by molar-refractivity contribution is 0.149. The van der Waals surface area contributed by atoms with Crippen LogP contribution in [0.3, 0.4) is 0 Å². The molecule has 1 N–H and O–H groups in total. The van der Waals surface area contributed by atoms with Crippen molar-refractivity contribution in [2.75, 3.05) is 31.6 Å². The molecule has 1 aliphatic carbocycles. The summed E-state index contributed by atoms with van der Waals surface area (Å²) in [5.41, 5.74) is 1.78. The second kappa shape index (κ2) is 7.12. The molecule has 0 aromatic heterocycles. The van der Waals surface area contributed by atoms with E-state index in [4.69, 9.17) is 0 Å². The molecule has 0 radical (unpaired) electrons. The Morgan fingerprint density at radius 1 is 1.30 bits per heavy atom. The lowest BCUT2D eigenvalue weighted by Crippen LogP contribution is -2.45. The minimum Gasteiger partial charge on any atom is -0.374 e. The Kier molecular flexibility index (Phi) is 5.47. The van der Waals surface area contributed by atoms with Crippen LogP contribution in [0.1, 0.15) is 39.5 Å². The third-order valence-electron chi connectivity index (χ3n) is 4.71. The summed E-state index contributed by atoms with van der Waals surface area (Å²) in [6.45, 7) is 8.02. The summed E-state index contributed by atoms with van der Waals surface area (Å²) in [6.07, 6.45) is 5.51. The number of benzene rings is 1. The molecule has 2 nitrogen and oxygen atoms in total. The average molecular weight is 274 g/mol. The van der Waals surface area contributed by atoms with Gasteiger partial charge in [-0.15, -0.1) is 0 Å². The number of nitrogens with one attached hydrogen (secondary N) is 1. The van der Waals surface area contributed by atoms with Gasteiger partial charge < -0.3 is 10.2 Å². The first-order valence-corrected chi connectivity index (χ1v) is 8.12. The maximum atomic E-state index is 3.61. The highest BCUT2D eigenvalue weighted by molar-refractivity contribution is 5.45. The minimum absolute atomic E-state index is 0.443. The third-order valence-corrected chi connectivity index (χ3v) is 4.71. The van der Waals surface area contributed by atoms with E-state index < -0.39 is 0 Å². The van der Waals surface area contributed by atoms with Crippen LogP contribution in [0.5, 0.6) is 0 Å². The van der Waals surface area contributed by atoms with Crippen molar-refractivity contribution < 1.29 is 0 Å². The Labute approximate surface area is 124 Å². The van der Waals surface area contributed by atoms with Gasteiger partial charge in [-0.2, -0.15) is 0 Å². The fourth-order valence-electron chi connectivity index (χ4n) is 3.80. The number of para-hydroxylation sites is 1. The van der Waals surface area contributed by atoms with Crippen LogP contribution in [0.4, 0.5) is 5.69 Å². The first-order chi connectivity index (χ1) is 9.65. The van der Waals surface area contributed by atoms with Gasteiger partial charge in [0.1, 0.15) is 0 Å². The van der Waals surface area contributed by atoms with E-state index in [0.29, 0.717) is 5.41 Å². The largest absolute Gasteiger partial charge is 0.374 e. The van der Waals surface area contributed by atoms with Gasteiger partial charge >= 0.3 is 0 Å². The van der Waals surface area contributed by atoms with Crippen molar-refractivity contribution in [3.05, 3.63) is 30.3 Å². The maximum absolute atomic E-state index is 3.61. The molecule has 1 saturated carbocycles. The van der Waals surface area contributed by atoms with E-state index in [1.165, 1.54) is 31.4 Å². The molecule has 0 aliphatic heterocycles. The van der Waals surface area contributed by atoms with Crippen molar-refractivity contribution >= 4 is 5.69 Å². The van der Waals surface area contributed by atoms with Gasteiger partial charge in [0.2, 0.25) is 0 Å². The maximum Gasteiger partial charge on any atom is 0.0363 e. The van der Waals surface area contributed by atoms with Crippen molar-refractivity contribution in [1.82, 2.24) is 5.32 Å². The van der Waals surface area contributed by atoms with E-state index in [1.807, 2.05) is 0 Å². The molecule has 112 valence electrons. The second-order valence-corrected chi connectivity index (χ2v) is 6.67. The molecule has 0 saturated heterocycles. The molecule has 1 fully saturated rings. The summed E-state index contributed by atoms with van der Waals surface area (Å²) in [4.78, 5) is 2.44. The van der Waals surface area contributed by atoms with E-state index in [2.05, 4.69) is 61.4 Å². The molecule has 0 bridgehead atoms. The third kappa shape index (κ3) is 3.99. The lowest BCUT2D eigenvalue weighted by Gasteiger charge is -2.43. The highest BCUT2D eigenvalue weighted by Gasteiger charge is 2.35. The van der Waals surface area contributed by atoms with Gasteiger partial charge in [-0.25, -0.2) is 0 Å². The fourth-order valence-corrected chi connectivity index (χ4v) is 3.80. The number of hydrogen-bond donors (Lipinski definition) is 1. The fraction of sp³-hybridized carbons (Fsp3) is 0.667. The van der Waals surface area contributed by atoms with Gasteiger partial charge in [-0.3, -0.25) is 0 Å². The predicted molar refractivity (Wildman–Crippen MR) is 88.3 cm³/mol. The van der Waals surface area contributed by atoms with E-state index >= 15 is 0 Å². The van der Waals surface area contributed by atoms with Crippen molar-refractivity contribution in [3.63, 3.8) is 0 Å². The molecule has 2 heteroatoms. The summed E-state index contributed by atoms with van der Waals surface area (Å²) in [6, 6.07) is 10.8. The molecule has 20 heavy (non-hydrogen) atoms. The van der Waals surface area contributed by atoms with Crippen LogP contribution in [-0.4, -0.2) is 26.7 Å². The number of rotatable bonds is 6. The summed E-state index contributed by atoms with van der Waals surface area (Å²) < 4.78 is 0. The second-order valence-electron chi connectivity index (χ2n) is 6.67. The zero-order chi connectivity index (χ0) is 14.4. The van der Waals surface area contributed by atoms with Crippen molar-refractivity contribution in [3.8, 4) is 0 Å². The van der Waals surface area contributed by atoms with Gasteiger partial charge in [0, 0.05) is 31.2 Å². The number of anilines is 1. The van der Waals surface area contributed by atoms with Gasteiger partial charge in [-0.05, 0) is 37.4 Å². The van der Waals surface area contributed by atoms with E-state index in [1.54, 1.807) is 0 Å². The smallest absolute Gasteiger partial charge is 0.0363 e. The Balaban J connectivity index is 2.07. The Bertz CT molecular complexity index is 390. The number of nitrogens with zero attached hydrogens (tertiary/aromatic N) is 1. The molecular formula is C18H30N2. The van der Waals surface area contributed by atoms with Crippen LogP contribution >= 0.6 is 0 Å². The van der Waals surface area contributed by atoms with Gasteiger partial charge in [0.15, 0.2) is 0 Å². The monoisotopic (exact) mass is 274 g/mol. The predicted octanol–water partition coefficient (Wildman–Crippen LogP) is 3.93. The Hall–Kier alpha value is -1.02. The molecule has 2 unspecified atom stereocenters. The van der Waals surface area contributed by atoms with E-state index in [0.717, 1.165) is 25.6 Å². The summed E-state index contributed by atoms with van der Waals surface area (Å²) >= 11 is 0. The highest BCUT2D eigenvalue weighted by atomic mass is 15.1. The Morgan fingerprint density at radius 3 is 2.70 bits per heavy atom. The van der Waals surface area contributed by atoms with Crippen LogP contribution in [0.15, 0.2) is 30.3 Å². The van der Waals surface area contributed by atoms with E-state index in [9.17, 15) is 0 Å². The average Bonchev–Trinajstić information content (AvgIpc) is 2.46. The normalized spacial score (nSPS) is 26.4. The molecule has 2 rings (SSSR count). The molecule has 1 aliphatic rings. The first-order valence-electron chi connectivity index (χ1n) is 8.12. The van der Waals surface area contributed by atoms with Crippen LogP contribution < -0.4 is 10.2 Å². The molecule has 0 heterocycles.